The Morgan fingerprint density at radius 3 is 2.67 bits per heavy atom. The van der Waals surface area contributed by atoms with Crippen LogP contribution in [0.15, 0.2) is 48.6 Å². The maximum Gasteiger partial charge on any atom is 0.490 e. The summed E-state index contributed by atoms with van der Waals surface area (Å²) in [5.41, 5.74) is 2.35. The van der Waals surface area contributed by atoms with Gasteiger partial charge in [0.1, 0.15) is 6.61 Å². The van der Waals surface area contributed by atoms with E-state index in [9.17, 15) is 18.0 Å². The van der Waals surface area contributed by atoms with Gasteiger partial charge in [0.15, 0.2) is 0 Å². The van der Waals surface area contributed by atoms with E-state index in [1.54, 1.807) is 6.20 Å². The molecule has 1 amide bonds. The number of nitrogens with zero attached hydrogens (tertiary/aromatic N) is 4. The molecule has 0 fully saturated rings. The Kier molecular flexibility index (Phi) is 8.07. The van der Waals surface area contributed by atoms with E-state index in [2.05, 4.69) is 20.6 Å². The fraction of sp³-hybridized carbons (Fsp3) is 0.455. The van der Waals surface area contributed by atoms with Gasteiger partial charge in [0.25, 0.3) is 0 Å². The molecule has 1 atom stereocenters. The minimum Gasteiger partial charge on any atom is -0.475 e. The van der Waals surface area contributed by atoms with Crippen LogP contribution in [0.4, 0.5) is 13.2 Å². The average Bonchev–Trinajstić information content (AvgIpc) is 3.27. The number of ether oxygens (including phenoxy) is 1. The van der Waals surface area contributed by atoms with Gasteiger partial charge < -0.3 is 19.3 Å². The number of aromatic nitrogens is 3. The van der Waals surface area contributed by atoms with E-state index in [1.807, 2.05) is 35.6 Å². The Morgan fingerprint density at radius 2 is 2.03 bits per heavy atom. The van der Waals surface area contributed by atoms with E-state index in [0.717, 1.165) is 18.5 Å². The van der Waals surface area contributed by atoms with Crippen LogP contribution in [0, 0.1) is 0 Å². The molecule has 1 aliphatic carbocycles. The first-order chi connectivity index (χ1) is 15.7. The van der Waals surface area contributed by atoms with Crippen molar-refractivity contribution in [2.45, 2.75) is 50.9 Å². The summed E-state index contributed by atoms with van der Waals surface area (Å²) in [6, 6.07) is 5.66. The number of hydrogen-bond donors (Lipinski definition) is 1. The Balaban J connectivity index is 0.000000383. The van der Waals surface area contributed by atoms with Gasteiger partial charge in [-0.2, -0.15) is 13.2 Å². The second-order valence-electron chi connectivity index (χ2n) is 7.79. The van der Waals surface area contributed by atoms with E-state index in [0.29, 0.717) is 32.0 Å². The highest BCUT2D eigenvalue weighted by Crippen LogP contribution is 2.25. The van der Waals surface area contributed by atoms with Crippen molar-refractivity contribution in [1.82, 2.24) is 19.4 Å². The predicted molar refractivity (Wildman–Crippen MR) is 111 cm³/mol. The van der Waals surface area contributed by atoms with Crippen molar-refractivity contribution in [3.05, 3.63) is 54.3 Å². The molecule has 1 N–H and O–H groups in total. The van der Waals surface area contributed by atoms with Crippen LogP contribution >= 0.6 is 0 Å². The maximum atomic E-state index is 12.8. The number of pyridine rings is 1. The van der Waals surface area contributed by atoms with Crippen molar-refractivity contribution in [3.63, 3.8) is 0 Å². The summed E-state index contributed by atoms with van der Waals surface area (Å²) in [6.45, 7) is 1.72. The summed E-state index contributed by atoms with van der Waals surface area (Å²) in [4.78, 5) is 32.1. The van der Waals surface area contributed by atoms with Gasteiger partial charge in [-0.1, -0.05) is 17.7 Å². The molecule has 0 spiro atoms. The van der Waals surface area contributed by atoms with Gasteiger partial charge in [-0.15, -0.1) is 0 Å². The first kappa shape index (κ1) is 24.3. The fourth-order valence-electron chi connectivity index (χ4n) is 3.69. The van der Waals surface area contributed by atoms with Crippen LogP contribution in [-0.2, 0) is 16.1 Å². The first-order valence-corrected chi connectivity index (χ1v) is 10.5. The Hall–Kier alpha value is -3.37. The average molecular weight is 466 g/mol. The number of rotatable bonds is 5. The molecule has 0 aromatic carbocycles. The molecule has 178 valence electrons. The van der Waals surface area contributed by atoms with Gasteiger partial charge in [0.2, 0.25) is 11.8 Å². The predicted octanol–water partition coefficient (Wildman–Crippen LogP) is 3.76. The van der Waals surface area contributed by atoms with Crippen LogP contribution in [0.1, 0.15) is 43.8 Å². The molecule has 0 bridgehead atoms. The third kappa shape index (κ3) is 7.06. The molecule has 1 aliphatic heterocycles. The van der Waals surface area contributed by atoms with E-state index in [4.69, 9.17) is 14.6 Å². The molecule has 8 nitrogen and oxygen atoms in total. The van der Waals surface area contributed by atoms with Crippen molar-refractivity contribution in [2.75, 3.05) is 13.2 Å². The number of amides is 1. The van der Waals surface area contributed by atoms with Gasteiger partial charge in [0, 0.05) is 31.4 Å². The Bertz CT molecular complexity index is 976. The first-order valence-electron chi connectivity index (χ1n) is 10.5. The van der Waals surface area contributed by atoms with Crippen LogP contribution in [0.3, 0.4) is 0 Å². The zero-order valence-electron chi connectivity index (χ0n) is 17.9. The number of halogens is 3. The number of carboxylic acid groups (broad SMARTS) is 1. The molecule has 0 saturated carbocycles. The zero-order valence-corrected chi connectivity index (χ0v) is 17.9. The van der Waals surface area contributed by atoms with Crippen LogP contribution in [0.25, 0.3) is 0 Å². The molecular formula is C22H25F3N4O4. The van der Waals surface area contributed by atoms with Gasteiger partial charge >= 0.3 is 12.1 Å². The largest absolute Gasteiger partial charge is 0.490 e. The van der Waals surface area contributed by atoms with E-state index >= 15 is 0 Å². The Labute approximate surface area is 188 Å². The number of carboxylic acids is 1. The van der Waals surface area contributed by atoms with Gasteiger partial charge in [-0.05, 0) is 31.7 Å². The highest BCUT2D eigenvalue weighted by atomic mass is 19.4. The Morgan fingerprint density at radius 1 is 1.24 bits per heavy atom. The lowest BCUT2D eigenvalue weighted by Gasteiger charge is -2.34. The van der Waals surface area contributed by atoms with Gasteiger partial charge in [-0.3, -0.25) is 4.79 Å². The summed E-state index contributed by atoms with van der Waals surface area (Å²) in [5.74, 6) is -1.95. The third-order valence-electron chi connectivity index (χ3n) is 5.34. The topological polar surface area (TPSA) is 97.5 Å². The quantitative estimate of drug-likeness (QED) is 0.674. The van der Waals surface area contributed by atoms with Crippen LogP contribution in [-0.4, -0.2) is 55.7 Å². The number of imidazole rings is 1. The molecule has 33 heavy (non-hydrogen) atoms. The normalized spacial score (nSPS) is 17.8. The minimum atomic E-state index is -5.08. The number of carbonyl (C=O) groups is 2. The monoisotopic (exact) mass is 466 g/mol. The zero-order chi connectivity index (χ0) is 23.8. The highest BCUT2D eigenvalue weighted by molar-refractivity contribution is 5.79. The summed E-state index contributed by atoms with van der Waals surface area (Å²) in [5, 5.41) is 7.12. The summed E-state index contributed by atoms with van der Waals surface area (Å²) in [6.07, 6.45) is 7.70. The number of hydrogen-bond acceptors (Lipinski definition) is 5. The molecule has 0 saturated heterocycles. The summed E-state index contributed by atoms with van der Waals surface area (Å²) >= 11 is 0. The molecule has 3 heterocycles. The number of aliphatic carboxylic acids is 1. The molecule has 2 aliphatic rings. The highest BCUT2D eigenvalue weighted by Gasteiger charge is 2.38. The number of carbonyl (C=O) groups excluding carboxylic acids is 1. The second kappa shape index (κ2) is 11.0. The number of fused-ring (bicyclic) bond motifs is 1. The molecule has 0 radical (unpaired) electrons. The summed E-state index contributed by atoms with van der Waals surface area (Å²) < 4.78 is 39.7. The van der Waals surface area contributed by atoms with Crippen molar-refractivity contribution < 1.29 is 32.6 Å². The number of allylic oxidation sites excluding steroid dienone is 1. The fourth-order valence-corrected chi connectivity index (χ4v) is 3.69. The molecular weight excluding hydrogens is 441 g/mol. The van der Waals surface area contributed by atoms with Gasteiger partial charge in [-0.25, -0.2) is 14.8 Å². The molecule has 2 aromatic heterocycles. The molecule has 11 heteroatoms. The third-order valence-corrected chi connectivity index (χ3v) is 5.34. The second-order valence-corrected chi connectivity index (χ2v) is 7.79. The lowest BCUT2D eigenvalue weighted by molar-refractivity contribution is -0.192. The van der Waals surface area contributed by atoms with E-state index in [-0.39, 0.29) is 11.9 Å². The van der Waals surface area contributed by atoms with Crippen molar-refractivity contribution in [3.8, 4) is 5.88 Å². The standard InChI is InChI=1S/C20H24N4O2.C2HF3O2/c25-20(10-16-6-2-1-3-7-16)23-12-17-11-21-15-24(17)18(13-23)14-26-19-8-4-5-9-22-19;3-2(4,5)1(6)7/h4-6,8-9,11,15,18H,1-3,7,10,12-14H2;(H,6,7). The lowest BCUT2D eigenvalue weighted by atomic mass is 9.96. The molecule has 2 aromatic rings. The lowest BCUT2D eigenvalue weighted by Crippen LogP contribution is -2.42. The maximum absolute atomic E-state index is 12.8. The van der Waals surface area contributed by atoms with Crippen molar-refractivity contribution >= 4 is 11.9 Å². The van der Waals surface area contributed by atoms with E-state index < -0.39 is 12.1 Å². The SMILES string of the molecule is O=C(CC1=CCCCC1)N1Cc2cncn2C(COc2ccccn2)C1.O=C(O)C(F)(F)F. The van der Waals surface area contributed by atoms with Crippen molar-refractivity contribution in [1.29, 1.82) is 0 Å². The molecule has 1 unspecified atom stereocenters. The van der Waals surface area contributed by atoms with Crippen LogP contribution < -0.4 is 4.74 Å². The van der Waals surface area contributed by atoms with Crippen LogP contribution in [0.2, 0.25) is 0 Å². The van der Waals surface area contributed by atoms with Crippen molar-refractivity contribution in [2.24, 2.45) is 0 Å². The molecule has 4 rings (SSSR count). The van der Waals surface area contributed by atoms with Gasteiger partial charge in [0.05, 0.1) is 24.6 Å². The summed E-state index contributed by atoms with van der Waals surface area (Å²) in [7, 11) is 0. The van der Waals surface area contributed by atoms with E-state index in [1.165, 1.54) is 18.4 Å². The smallest absolute Gasteiger partial charge is 0.475 e. The van der Waals surface area contributed by atoms with Crippen LogP contribution in [0.5, 0.6) is 5.88 Å². The number of alkyl halides is 3. The minimum absolute atomic E-state index is 0.0486.